The highest BCUT2D eigenvalue weighted by molar-refractivity contribution is 6.32. The van der Waals surface area contributed by atoms with Crippen molar-refractivity contribution in [2.24, 2.45) is 0 Å². The van der Waals surface area contributed by atoms with E-state index < -0.39 is 0 Å². The lowest BCUT2D eigenvalue weighted by atomic mass is 10.2. The van der Waals surface area contributed by atoms with Crippen LogP contribution in [0.15, 0.2) is 42.7 Å². The number of halogens is 1. The maximum atomic E-state index is 10.8. The maximum Gasteiger partial charge on any atom is 0.299 e. The number of anilines is 1. The predicted octanol–water partition coefficient (Wildman–Crippen LogP) is 3.14. The van der Waals surface area contributed by atoms with E-state index in [1.165, 1.54) is 0 Å². The van der Waals surface area contributed by atoms with Gasteiger partial charge in [0, 0.05) is 18.9 Å². The van der Waals surface area contributed by atoms with E-state index in [9.17, 15) is 4.79 Å². The Bertz CT molecular complexity index is 848. The van der Waals surface area contributed by atoms with E-state index in [-0.39, 0.29) is 0 Å². The predicted molar refractivity (Wildman–Crippen MR) is 87.2 cm³/mol. The number of hydrogen-bond donors (Lipinski definition) is 1. The van der Waals surface area contributed by atoms with Gasteiger partial charge >= 0.3 is 0 Å². The highest BCUT2D eigenvalue weighted by Crippen LogP contribution is 2.28. The topological polar surface area (TPSA) is 64.9 Å². The number of fused-ring (bicyclic) bond motifs is 1. The molecule has 0 saturated heterocycles. The quantitative estimate of drug-likeness (QED) is 0.703. The van der Waals surface area contributed by atoms with Crippen LogP contribution in [0.2, 0.25) is 5.02 Å². The third-order valence-corrected chi connectivity index (χ3v) is 3.67. The van der Waals surface area contributed by atoms with Gasteiger partial charge in [0.1, 0.15) is 11.4 Å². The van der Waals surface area contributed by atoms with Gasteiger partial charge in [0.2, 0.25) is 5.88 Å². The Morgan fingerprint density at radius 2 is 2.22 bits per heavy atom. The zero-order chi connectivity index (χ0) is 16.2. The van der Waals surface area contributed by atoms with Crippen LogP contribution < -0.4 is 14.8 Å². The van der Waals surface area contributed by atoms with E-state index in [1.807, 2.05) is 24.3 Å². The number of carbonyl (C=O) groups is 1. The van der Waals surface area contributed by atoms with Crippen molar-refractivity contribution >= 4 is 29.4 Å². The number of aromatic nitrogens is 2. The van der Waals surface area contributed by atoms with Gasteiger partial charge < -0.3 is 14.8 Å². The van der Waals surface area contributed by atoms with Gasteiger partial charge in [-0.2, -0.15) is 0 Å². The minimum atomic E-state index is 0.384. The molecule has 0 bridgehead atoms. The number of imidazole rings is 1. The van der Waals surface area contributed by atoms with Gasteiger partial charge in [0.25, 0.3) is 6.47 Å². The fraction of sp³-hybridized carbons (Fsp3) is 0.125. The number of benzene rings is 1. The Morgan fingerprint density at radius 3 is 2.96 bits per heavy atom. The summed E-state index contributed by atoms with van der Waals surface area (Å²) in [6.07, 6.45) is 3.36. The summed E-state index contributed by atoms with van der Waals surface area (Å²) in [7, 11) is 1.57. The molecule has 0 saturated carbocycles. The zero-order valence-corrected chi connectivity index (χ0v) is 13.1. The van der Waals surface area contributed by atoms with Gasteiger partial charge in [-0.1, -0.05) is 17.7 Å². The minimum absolute atomic E-state index is 0.384. The molecule has 3 aromatic rings. The Hall–Kier alpha value is -2.73. The smallest absolute Gasteiger partial charge is 0.299 e. The summed E-state index contributed by atoms with van der Waals surface area (Å²) in [6.45, 7) is 0.906. The summed E-state index contributed by atoms with van der Waals surface area (Å²) in [5.74, 6) is 1.01. The van der Waals surface area contributed by atoms with Crippen LogP contribution in [0.1, 0.15) is 5.56 Å². The minimum Gasteiger partial charge on any atom is -0.495 e. The third-order valence-electron chi connectivity index (χ3n) is 3.38. The summed E-state index contributed by atoms with van der Waals surface area (Å²) in [4.78, 5) is 14.9. The normalized spacial score (nSPS) is 10.5. The maximum absolute atomic E-state index is 10.8. The average molecular weight is 332 g/mol. The van der Waals surface area contributed by atoms with E-state index in [2.05, 4.69) is 10.3 Å². The summed E-state index contributed by atoms with van der Waals surface area (Å²) in [5, 5.41) is 3.77. The van der Waals surface area contributed by atoms with Crippen molar-refractivity contribution in [1.82, 2.24) is 9.38 Å². The summed E-state index contributed by atoms with van der Waals surface area (Å²) >= 11 is 6.12. The molecule has 0 aliphatic carbocycles. The first kappa shape index (κ1) is 15.2. The van der Waals surface area contributed by atoms with Crippen LogP contribution in [0.3, 0.4) is 0 Å². The van der Waals surface area contributed by atoms with Crippen LogP contribution in [0.4, 0.5) is 5.69 Å². The number of ether oxygens (including phenoxy) is 2. The molecule has 0 radical (unpaired) electrons. The highest BCUT2D eigenvalue weighted by Gasteiger charge is 2.10. The molecule has 0 atom stereocenters. The number of pyridine rings is 1. The Kier molecular flexibility index (Phi) is 4.34. The molecule has 7 heteroatoms. The number of nitrogens with zero attached hydrogens (tertiary/aromatic N) is 2. The monoisotopic (exact) mass is 331 g/mol. The zero-order valence-electron chi connectivity index (χ0n) is 12.3. The lowest BCUT2D eigenvalue weighted by Crippen LogP contribution is -2.05. The molecule has 1 aromatic carbocycles. The van der Waals surface area contributed by atoms with Crippen molar-refractivity contribution in [2.45, 2.75) is 6.54 Å². The van der Waals surface area contributed by atoms with Crippen LogP contribution in [0, 0.1) is 0 Å². The van der Waals surface area contributed by atoms with Crippen LogP contribution in [-0.2, 0) is 11.3 Å². The van der Waals surface area contributed by atoms with Crippen LogP contribution in [-0.4, -0.2) is 23.0 Å². The number of methoxy groups -OCH3 is 1. The van der Waals surface area contributed by atoms with Gasteiger partial charge in [0.15, 0.2) is 0 Å². The Balaban J connectivity index is 1.85. The molecule has 118 valence electrons. The highest BCUT2D eigenvalue weighted by atomic mass is 35.5. The first-order chi connectivity index (χ1) is 11.2. The Morgan fingerprint density at radius 1 is 1.35 bits per heavy atom. The van der Waals surface area contributed by atoms with Gasteiger partial charge in [-0.05, 0) is 29.8 Å². The molecular formula is C16H14ClN3O3. The van der Waals surface area contributed by atoms with Gasteiger partial charge in [-0.15, -0.1) is 0 Å². The molecule has 0 aliphatic rings. The van der Waals surface area contributed by atoms with E-state index in [1.54, 1.807) is 30.0 Å². The molecule has 0 spiro atoms. The molecule has 0 aliphatic heterocycles. The molecule has 1 N–H and O–H groups in total. The second kappa shape index (κ2) is 6.58. The first-order valence-electron chi connectivity index (χ1n) is 6.85. The molecular weight excluding hydrogens is 318 g/mol. The van der Waals surface area contributed by atoms with Crippen LogP contribution >= 0.6 is 11.6 Å². The number of carbonyl (C=O) groups excluding carboxylic acids is 1. The molecule has 23 heavy (non-hydrogen) atoms. The average Bonchev–Trinajstić information content (AvgIpc) is 3.03. The van der Waals surface area contributed by atoms with Crippen molar-refractivity contribution in [1.29, 1.82) is 0 Å². The van der Waals surface area contributed by atoms with E-state index in [4.69, 9.17) is 21.1 Å². The molecule has 3 rings (SSSR count). The fourth-order valence-corrected chi connectivity index (χ4v) is 2.57. The van der Waals surface area contributed by atoms with Gasteiger partial charge in [-0.25, -0.2) is 4.98 Å². The Labute approximate surface area is 137 Å². The van der Waals surface area contributed by atoms with Crippen molar-refractivity contribution in [2.75, 3.05) is 12.4 Å². The molecule has 6 nitrogen and oxygen atoms in total. The van der Waals surface area contributed by atoms with E-state index in [0.717, 1.165) is 5.56 Å². The molecule has 0 unspecified atom stereocenters. The largest absolute Gasteiger partial charge is 0.495 e. The number of hydrogen-bond acceptors (Lipinski definition) is 5. The van der Waals surface area contributed by atoms with Crippen molar-refractivity contribution < 1.29 is 14.3 Å². The van der Waals surface area contributed by atoms with Crippen molar-refractivity contribution in [3.63, 3.8) is 0 Å². The fourth-order valence-electron chi connectivity index (χ4n) is 2.29. The van der Waals surface area contributed by atoms with Crippen LogP contribution in [0.5, 0.6) is 11.6 Å². The molecule has 2 heterocycles. The van der Waals surface area contributed by atoms with Crippen LogP contribution in [0.25, 0.3) is 5.65 Å². The summed E-state index contributed by atoms with van der Waals surface area (Å²) < 4.78 is 11.9. The summed E-state index contributed by atoms with van der Waals surface area (Å²) in [6, 6.07) is 9.19. The lowest BCUT2D eigenvalue weighted by molar-refractivity contribution is -0.120. The van der Waals surface area contributed by atoms with E-state index in [0.29, 0.717) is 41.0 Å². The standard InChI is InChI=1S/C16H14ClN3O3/c1-22-14-4-2-11(8-12(14)17)9-19-13-3-5-15-18-6-7-20(15)16(13)23-10-21/h2-8,10,19H,9H2,1H3. The molecule has 2 aromatic heterocycles. The van der Waals surface area contributed by atoms with Crippen molar-refractivity contribution in [3.8, 4) is 11.6 Å². The van der Waals surface area contributed by atoms with Gasteiger partial charge in [0.05, 0.1) is 17.8 Å². The van der Waals surface area contributed by atoms with Gasteiger partial charge in [-0.3, -0.25) is 9.20 Å². The molecule has 0 fully saturated rings. The van der Waals surface area contributed by atoms with Crippen molar-refractivity contribution in [3.05, 3.63) is 53.3 Å². The lowest BCUT2D eigenvalue weighted by Gasteiger charge is -2.12. The van der Waals surface area contributed by atoms with E-state index >= 15 is 0 Å². The second-order valence-corrected chi connectivity index (χ2v) is 5.15. The third kappa shape index (κ3) is 3.07. The second-order valence-electron chi connectivity index (χ2n) is 4.74. The first-order valence-corrected chi connectivity index (χ1v) is 7.23. The number of rotatable bonds is 6. The molecule has 0 amide bonds. The SMILES string of the molecule is COc1ccc(CNc2ccc3nccn3c2OC=O)cc1Cl. The number of nitrogens with one attached hydrogen (secondary N) is 1. The summed E-state index contributed by atoms with van der Waals surface area (Å²) in [5.41, 5.74) is 2.34.